The molecule has 214 valence electrons. The molecule has 3 aromatic rings. The number of hydrogen-bond acceptors (Lipinski definition) is 9. The number of carbonyl (C=O) groups excluding carboxylic acids is 1. The monoisotopic (exact) mass is 556 g/mol. The number of ether oxygens (including phenoxy) is 1. The first-order valence-electron chi connectivity index (χ1n) is 13.2. The fourth-order valence-electron chi connectivity index (χ4n) is 4.54. The molecule has 0 bridgehead atoms. The van der Waals surface area contributed by atoms with Crippen LogP contribution in [-0.4, -0.2) is 84.0 Å². The van der Waals surface area contributed by atoms with E-state index in [-0.39, 0.29) is 24.5 Å². The van der Waals surface area contributed by atoms with Gasteiger partial charge < -0.3 is 26.1 Å². The number of aromatic nitrogens is 3. The number of hydrogen-bond donors (Lipinski definition) is 4. The number of H-pyrrole nitrogens is 1. The Morgan fingerprint density at radius 1 is 1.39 bits per heavy atom. The van der Waals surface area contributed by atoms with Crippen molar-refractivity contribution < 1.29 is 9.53 Å². The summed E-state index contributed by atoms with van der Waals surface area (Å²) in [5.41, 5.74) is 10.9. The molecule has 1 saturated heterocycles. The second-order valence-electron chi connectivity index (χ2n) is 9.62. The molecule has 5 N–H and O–H groups in total. The third kappa shape index (κ3) is 7.42. The van der Waals surface area contributed by atoms with Gasteiger partial charge in [-0.3, -0.25) is 19.7 Å². The standard InChI is InChI=1S/C29H36N10O2/c1-18-14-35-29(37-24(30)13-19(2)32-4)38-27(18)22-15-34-28-21(22)7-6-8-23(28)36-25(40)17-39-12-10-20(16-39)41-26(33-5)9-11-31-3/h6-9,11,13-15,20,32,34H,3,10,12,16-17H2,1-2,4-5H3,(H,36,40)(H2,30,35,37,38)/b11-9-,19-13-,33-26?/t20-/m0/s1. The van der Waals surface area contributed by atoms with E-state index in [0.29, 0.717) is 24.0 Å². The molecule has 4 rings (SSSR count). The van der Waals surface area contributed by atoms with E-state index < -0.39 is 0 Å². The molecular weight excluding hydrogens is 520 g/mol. The van der Waals surface area contributed by atoms with Crippen molar-refractivity contribution in [2.24, 2.45) is 20.7 Å². The van der Waals surface area contributed by atoms with E-state index in [0.717, 1.165) is 46.4 Å². The molecule has 1 amide bonds. The lowest BCUT2D eigenvalue weighted by Gasteiger charge is -2.16. The van der Waals surface area contributed by atoms with Gasteiger partial charge in [0.15, 0.2) is 0 Å². The Bertz CT molecular complexity index is 1540. The maximum Gasteiger partial charge on any atom is 0.251 e. The van der Waals surface area contributed by atoms with Crippen LogP contribution in [0.4, 0.5) is 11.6 Å². The highest BCUT2D eigenvalue weighted by Crippen LogP contribution is 2.33. The number of rotatable bonds is 10. The Kier molecular flexibility index (Phi) is 9.59. The zero-order valence-electron chi connectivity index (χ0n) is 23.8. The fourth-order valence-corrected chi connectivity index (χ4v) is 4.54. The van der Waals surface area contributed by atoms with Crippen molar-refractivity contribution in [3.63, 3.8) is 0 Å². The molecule has 12 nitrogen and oxygen atoms in total. The van der Waals surface area contributed by atoms with Crippen molar-refractivity contribution in [2.45, 2.75) is 26.4 Å². The van der Waals surface area contributed by atoms with Gasteiger partial charge in [-0.05, 0) is 44.7 Å². The summed E-state index contributed by atoms with van der Waals surface area (Å²) in [6.07, 6.45) is 9.28. The summed E-state index contributed by atoms with van der Waals surface area (Å²) >= 11 is 0. The number of aryl methyl sites for hydroxylation is 1. The first kappa shape index (κ1) is 29.2. The molecule has 3 heterocycles. The molecular formula is C29H36N10O2. The van der Waals surface area contributed by atoms with Crippen LogP contribution in [0, 0.1) is 6.92 Å². The molecule has 1 fully saturated rings. The number of anilines is 1. The van der Waals surface area contributed by atoms with Gasteiger partial charge in [0, 0.05) is 68.5 Å². The number of benzene rings is 1. The van der Waals surface area contributed by atoms with E-state index in [2.05, 4.69) is 52.2 Å². The highest BCUT2D eigenvalue weighted by Gasteiger charge is 2.26. The largest absolute Gasteiger partial charge is 0.473 e. The van der Waals surface area contributed by atoms with Gasteiger partial charge in [-0.1, -0.05) is 12.1 Å². The third-order valence-corrected chi connectivity index (χ3v) is 6.62. The van der Waals surface area contributed by atoms with E-state index in [1.165, 1.54) is 6.20 Å². The molecule has 41 heavy (non-hydrogen) atoms. The quantitative estimate of drug-likeness (QED) is 0.220. The molecule has 1 aliphatic rings. The van der Waals surface area contributed by atoms with Crippen LogP contribution in [0.5, 0.6) is 0 Å². The zero-order chi connectivity index (χ0) is 29.4. The van der Waals surface area contributed by atoms with Gasteiger partial charge in [-0.15, -0.1) is 0 Å². The number of allylic oxidation sites excluding steroid dienone is 1. The number of amides is 1. The van der Waals surface area contributed by atoms with Crippen LogP contribution in [0.15, 0.2) is 69.6 Å². The van der Waals surface area contributed by atoms with Gasteiger partial charge in [-0.25, -0.2) is 9.97 Å². The van der Waals surface area contributed by atoms with Gasteiger partial charge >= 0.3 is 0 Å². The van der Waals surface area contributed by atoms with Gasteiger partial charge in [0.05, 0.1) is 23.4 Å². The first-order chi connectivity index (χ1) is 19.8. The summed E-state index contributed by atoms with van der Waals surface area (Å²) < 4.78 is 5.92. The average Bonchev–Trinajstić information content (AvgIpc) is 3.59. The molecule has 0 unspecified atom stereocenters. The SMILES string of the molecule is C=N/C=C\C(=NC)O[C@H]1CCN(CC(=O)Nc2cccc3c(-c4nc(/N=C(N)\C=C(\C)NC)ncc4C)c[nH]c23)C1. The number of nitrogens with two attached hydrogens (primary N) is 1. The van der Waals surface area contributed by atoms with Gasteiger partial charge in [-0.2, -0.15) is 4.99 Å². The number of nitrogens with zero attached hydrogens (tertiary/aromatic N) is 6. The summed E-state index contributed by atoms with van der Waals surface area (Å²) in [5, 5.41) is 6.98. The van der Waals surface area contributed by atoms with Crippen molar-refractivity contribution in [3.05, 3.63) is 60.2 Å². The smallest absolute Gasteiger partial charge is 0.251 e. The lowest BCUT2D eigenvalue weighted by molar-refractivity contribution is -0.117. The molecule has 0 spiro atoms. The van der Waals surface area contributed by atoms with Crippen LogP contribution in [0.3, 0.4) is 0 Å². The normalized spacial score (nSPS) is 16.9. The maximum atomic E-state index is 13.0. The van der Waals surface area contributed by atoms with Gasteiger partial charge in [0.1, 0.15) is 11.9 Å². The predicted molar refractivity (Wildman–Crippen MR) is 165 cm³/mol. The number of fused-ring (bicyclic) bond motifs is 1. The van der Waals surface area contributed by atoms with Gasteiger partial charge in [0.25, 0.3) is 5.95 Å². The Labute approximate surface area is 239 Å². The topological polar surface area (TPSA) is 158 Å². The minimum absolute atomic E-state index is 0.0469. The maximum absolute atomic E-state index is 13.0. The molecule has 1 aromatic carbocycles. The van der Waals surface area contributed by atoms with E-state index in [1.807, 2.05) is 45.3 Å². The summed E-state index contributed by atoms with van der Waals surface area (Å²) in [6, 6.07) is 5.77. The van der Waals surface area contributed by atoms with Crippen LogP contribution in [-0.2, 0) is 9.53 Å². The number of amidine groups is 1. The molecule has 1 atom stereocenters. The molecule has 2 aromatic heterocycles. The molecule has 12 heteroatoms. The van der Waals surface area contributed by atoms with E-state index in [9.17, 15) is 4.79 Å². The predicted octanol–water partition coefficient (Wildman–Crippen LogP) is 3.32. The molecule has 1 aliphatic heterocycles. The van der Waals surface area contributed by atoms with Crippen molar-refractivity contribution in [3.8, 4) is 11.3 Å². The Morgan fingerprint density at radius 3 is 2.98 bits per heavy atom. The lowest BCUT2D eigenvalue weighted by atomic mass is 10.1. The second kappa shape index (κ2) is 13.5. The minimum atomic E-state index is -0.107. The van der Waals surface area contributed by atoms with Crippen LogP contribution >= 0.6 is 0 Å². The fraction of sp³-hybridized carbons (Fsp3) is 0.310. The Morgan fingerprint density at radius 2 is 2.22 bits per heavy atom. The number of para-hydroxylation sites is 1. The summed E-state index contributed by atoms with van der Waals surface area (Å²) in [6.45, 7) is 8.89. The minimum Gasteiger partial charge on any atom is -0.473 e. The number of aliphatic imine (C=N–C) groups is 3. The number of nitrogens with one attached hydrogen (secondary N) is 3. The van der Waals surface area contributed by atoms with Crippen LogP contribution in [0.25, 0.3) is 22.2 Å². The molecule has 0 aliphatic carbocycles. The summed E-state index contributed by atoms with van der Waals surface area (Å²) in [5.74, 6) is 0.947. The molecule has 0 saturated carbocycles. The average molecular weight is 557 g/mol. The van der Waals surface area contributed by atoms with Crippen molar-refractivity contribution >= 4 is 46.9 Å². The Balaban J connectivity index is 1.47. The number of carbonyl (C=O) groups is 1. The van der Waals surface area contributed by atoms with Crippen LogP contribution < -0.4 is 16.4 Å². The second-order valence-corrected chi connectivity index (χ2v) is 9.62. The van der Waals surface area contributed by atoms with Crippen molar-refractivity contribution in [2.75, 3.05) is 39.0 Å². The third-order valence-electron chi connectivity index (χ3n) is 6.62. The number of likely N-dealkylation sites (tertiary alicyclic amines) is 1. The van der Waals surface area contributed by atoms with Crippen LogP contribution in [0.2, 0.25) is 0 Å². The summed E-state index contributed by atoms with van der Waals surface area (Å²) in [4.78, 5) is 39.5. The highest BCUT2D eigenvalue weighted by atomic mass is 16.5. The van der Waals surface area contributed by atoms with Crippen molar-refractivity contribution in [1.82, 2.24) is 25.2 Å². The van der Waals surface area contributed by atoms with E-state index >= 15 is 0 Å². The zero-order valence-corrected chi connectivity index (χ0v) is 23.8. The first-order valence-corrected chi connectivity index (χ1v) is 13.2. The van der Waals surface area contributed by atoms with Crippen molar-refractivity contribution in [1.29, 1.82) is 0 Å². The van der Waals surface area contributed by atoms with Gasteiger partial charge in [0.2, 0.25) is 11.8 Å². The van der Waals surface area contributed by atoms with Crippen LogP contribution in [0.1, 0.15) is 18.9 Å². The van der Waals surface area contributed by atoms with E-state index in [4.69, 9.17) is 10.5 Å². The van der Waals surface area contributed by atoms with E-state index in [1.54, 1.807) is 25.4 Å². The highest BCUT2D eigenvalue weighted by molar-refractivity contribution is 6.06. The lowest BCUT2D eigenvalue weighted by Crippen LogP contribution is -2.33. The number of aromatic amines is 1. The Hall–Kier alpha value is -4.84. The summed E-state index contributed by atoms with van der Waals surface area (Å²) in [7, 11) is 3.47. The molecule has 0 radical (unpaired) electrons.